The van der Waals surface area contributed by atoms with E-state index < -0.39 is 16.1 Å². The van der Waals surface area contributed by atoms with Crippen LogP contribution in [0.5, 0.6) is 0 Å². The Labute approximate surface area is 194 Å². The van der Waals surface area contributed by atoms with Gasteiger partial charge in [-0.15, -0.1) is 4.40 Å². The van der Waals surface area contributed by atoms with E-state index in [0.29, 0.717) is 43.9 Å². The first-order valence-corrected chi connectivity index (χ1v) is 12.7. The lowest BCUT2D eigenvalue weighted by Gasteiger charge is -2.35. The van der Waals surface area contributed by atoms with E-state index in [1.165, 1.54) is 0 Å². The van der Waals surface area contributed by atoms with Gasteiger partial charge in [0, 0.05) is 50.5 Å². The van der Waals surface area contributed by atoms with Gasteiger partial charge in [0.2, 0.25) is 0 Å². The minimum absolute atomic E-state index is 0.104. The SMILES string of the molecule is CCOC(=O)CCN1CCN(CC2CN(c3ccc(C(N)=NS(C)(=O)=O)cc3)C(=O)O2)CC1. The van der Waals surface area contributed by atoms with E-state index in [1.54, 1.807) is 36.1 Å². The van der Waals surface area contributed by atoms with Crippen molar-refractivity contribution in [2.24, 2.45) is 10.1 Å². The molecular weight excluding hydrogens is 450 g/mol. The van der Waals surface area contributed by atoms with E-state index in [0.717, 1.165) is 32.4 Å². The maximum Gasteiger partial charge on any atom is 0.414 e. The molecule has 12 heteroatoms. The average molecular weight is 482 g/mol. The first kappa shape index (κ1) is 24.9. The van der Waals surface area contributed by atoms with Crippen molar-refractivity contribution in [1.29, 1.82) is 0 Å². The van der Waals surface area contributed by atoms with Gasteiger partial charge in [-0.1, -0.05) is 0 Å². The Morgan fingerprint density at radius 1 is 1.18 bits per heavy atom. The molecule has 0 spiro atoms. The van der Waals surface area contributed by atoms with Crippen LogP contribution < -0.4 is 10.6 Å². The number of rotatable bonds is 9. The molecule has 2 aliphatic rings. The van der Waals surface area contributed by atoms with Crippen LogP contribution in [0.2, 0.25) is 0 Å². The molecule has 0 saturated carbocycles. The van der Waals surface area contributed by atoms with Gasteiger partial charge in [-0.3, -0.25) is 14.6 Å². The van der Waals surface area contributed by atoms with Crippen LogP contribution in [0.4, 0.5) is 10.5 Å². The predicted molar refractivity (Wildman–Crippen MR) is 124 cm³/mol. The van der Waals surface area contributed by atoms with Crippen molar-refractivity contribution in [2.75, 3.05) is 63.6 Å². The molecule has 1 aromatic rings. The highest BCUT2D eigenvalue weighted by Crippen LogP contribution is 2.23. The number of cyclic esters (lactones) is 1. The van der Waals surface area contributed by atoms with Crippen LogP contribution in [0.15, 0.2) is 28.7 Å². The number of carbonyl (C=O) groups is 2. The van der Waals surface area contributed by atoms with Gasteiger partial charge in [-0.2, -0.15) is 0 Å². The fraction of sp³-hybridized carbons (Fsp3) is 0.571. The van der Waals surface area contributed by atoms with E-state index in [1.807, 2.05) is 0 Å². The quantitative estimate of drug-likeness (QED) is 0.299. The van der Waals surface area contributed by atoms with E-state index >= 15 is 0 Å². The molecule has 2 aliphatic heterocycles. The zero-order valence-corrected chi connectivity index (χ0v) is 19.8. The van der Waals surface area contributed by atoms with Gasteiger partial charge >= 0.3 is 12.1 Å². The third-order valence-electron chi connectivity index (χ3n) is 5.48. The Balaban J connectivity index is 1.48. The van der Waals surface area contributed by atoms with E-state index in [4.69, 9.17) is 15.2 Å². The van der Waals surface area contributed by atoms with Gasteiger partial charge in [0.15, 0.2) is 0 Å². The van der Waals surface area contributed by atoms with Crippen LogP contribution in [0.1, 0.15) is 18.9 Å². The highest BCUT2D eigenvalue weighted by Gasteiger charge is 2.34. The highest BCUT2D eigenvalue weighted by atomic mass is 32.2. The van der Waals surface area contributed by atoms with Crippen LogP contribution in [-0.4, -0.2) is 101 Å². The van der Waals surface area contributed by atoms with Crippen molar-refractivity contribution < 1.29 is 27.5 Å². The minimum atomic E-state index is -3.59. The monoisotopic (exact) mass is 481 g/mol. The lowest BCUT2D eigenvalue weighted by Crippen LogP contribution is -2.49. The maximum absolute atomic E-state index is 12.4. The zero-order chi connectivity index (χ0) is 24.0. The first-order chi connectivity index (χ1) is 15.6. The number of carbonyl (C=O) groups excluding carboxylic acids is 2. The molecule has 0 aliphatic carbocycles. The number of sulfonamides is 1. The molecule has 0 bridgehead atoms. The molecule has 1 aromatic carbocycles. The predicted octanol–water partition coefficient (Wildman–Crippen LogP) is 0.248. The second-order valence-corrected chi connectivity index (χ2v) is 9.72. The van der Waals surface area contributed by atoms with Crippen molar-refractivity contribution >= 4 is 33.6 Å². The van der Waals surface area contributed by atoms with Gasteiger partial charge in [0.25, 0.3) is 10.0 Å². The Bertz CT molecular complexity index is 973. The topological polar surface area (TPSA) is 135 Å². The molecule has 182 valence electrons. The largest absolute Gasteiger partial charge is 0.466 e. The van der Waals surface area contributed by atoms with Crippen molar-refractivity contribution in [3.63, 3.8) is 0 Å². The number of esters is 1. The Hall–Kier alpha value is -2.70. The third kappa shape index (κ3) is 7.41. The Kier molecular flexibility index (Phi) is 8.27. The van der Waals surface area contributed by atoms with Crippen molar-refractivity contribution in [3.05, 3.63) is 29.8 Å². The van der Waals surface area contributed by atoms with Gasteiger partial charge < -0.3 is 20.1 Å². The average Bonchev–Trinajstić information content (AvgIpc) is 3.12. The number of nitrogens with two attached hydrogens (primary N) is 1. The van der Waals surface area contributed by atoms with Gasteiger partial charge in [-0.25, -0.2) is 13.2 Å². The summed E-state index contributed by atoms with van der Waals surface area (Å²) in [5.41, 5.74) is 6.82. The third-order valence-corrected chi connectivity index (χ3v) is 6.01. The molecule has 1 atom stereocenters. The number of hydrogen-bond donors (Lipinski definition) is 1. The van der Waals surface area contributed by atoms with E-state index in [9.17, 15) is 18.0 Å². The summed E-state index contributed by atoms with van der Waals surface area (Å²) in [5, 5.41) is 0. The van der Waals surface area contributed by atoms with Crippen LogP contribution in [0.3, 0.4) is 0 Å². The summed E-state index contributed by atoms with van der Waals surface area (Å²) in [5.74, 6) is -0.274. The molecule has 0 aromatic heterocycles. The smallest absolute Gasteiger partial charge is 0.414 e. The fourth-order valence-electron chi connectivity index (χ4n) is 3.84. The fourth-order valence-corrected chi connectivity index (χ4v) is 4.30. The molecule has 0 radical (unpaired) electrons. The lowest BCUT2D eigenvalue weighted by molar-refractivity contribution is -0.143. The summed E-state index contributed by atoms with van der Waals surface area (Å²) in [6, 6.07) is 6.61. The molecule has 1 amide bonds. The Morgan fingerprint density at radius 3 is 2.42 bits per heavy atom. The van der Waals surface area contributed by atoms with Crippen LogP contribution >= 0.6 is 0 Å². The summed E-state index contributed by atoms with van der Waals surface area (Å²) in [4.78, 5) is 30.0. The number of ether oxygens (including phenoxy) is 2. The minimum Gasteiger partial charge on any atom is -0.466 e. The van der Waals surface area contributed by atoms with Crippen molar-refractivity contribution in [2.45, 2.75) is 19.4 Å². The van der Waals surface area contributed by atoms with Crippen LogP contribution in [0.25, 0.3) is 0 Å². The number of anilines is 1. The van der Waals surface area contributed by atoms with Gasteiger partial charge in [-0.05, 0) is 31.2 Å². The number of amides is 1. The molecule has 3 rings (SSSR count). The van der Waals surface area contributed by atoms with E-state index in [2.05, 4.69) is 14.2 Å². The molecular formula is C21H31N5O6S. The molecule has 33 heavy (non-hydrogen) atoms. The van der Waals surface area contributed by atoms with Gasteiger partial charge in [0.1, 0.15) is 11.9 Å². The van der Waals surface area contributed by atoms with Gasteiger partial charge in [0.05, 0.1) is 25.8 Å². The summed E-state index contributed by atoms with van der Waals surface area (Å²) >= 11 is 0. The van der Waals surface area contributed by atoms with E-state index in [-0.39, 0.29) is 17.9 Å². The molecule has 2 fully saturated rings. The highest BCUT2D eigenvalue weighted by molar-refractivity contribution is 7.89. The zero-order valence-electron chi connectivity index (χ0n) is 19.0. The Morgan fingerprint density at radius 2 is 1.82 bits per heavy atom. The summed E-state index contributed by atoms with van der Waals surface area (Å²) < 4.78 is 36.5. The summed E-state index contributed by atoms with van der Waals surface area (Å²) in [6.45, 7) is 7.33. The number of nitrogens with zero attached hydrogens (tertiary/aromatic N) is 4. The molecule has 2 N–H and O–H groups in total. The molecule has 11 nitrogen and oxygen atoms in total. The number of amidine groups is 1. The van der Waals surface area contributed by atoms with Crippen LogP contribution in [-0.2, 0) is 24.3 Å². The number of benzene rings is 1. The van der Waals surface area contributed by atoms with Crippen LogP contribution in [0, 0.1) is 0 Å². The first-order valence-electron chi connectivity index (χ1n) is 10.9. The normalized spacial score (nSPS) is 20.7. The standard InChI is InChI=1S/C21H31N5O6S/c1-3-31-19(27)8-9-24-10-12-25(13-11-24)14-18-15-26(21(28)32-18)17-6-4-16(5-7-17)20(22)23-33(2,29)30/h4-7,18H,3,8-15H2,1-2H3,(H2,22,23). The lowest BCUT2D eigenvalue weighted by atomic mass is 10.2. The molecule has 1 unspecified atom stereocenters. The molecule has 2 heterocycles. The summed E-state index contributed by atoms with van der Waals surface area (Å²) in [7, 11) is -3.59. The molecule has 2 saturated heterocycles. The number of hydrogen-bond acceptors (Lipinski definition) is 8. The summed E-state index contributed by atoms with van der Waals surface area (Å²) in [6.07, 6.45) is 0.699. The maximum atomic E-state index is 12.4. The second-order valence-electron chi connectivity index (χ2n) is 8.07. The van der Waals surface area contributed by atoms with Crippen molar-refractivity contribution in [3.8, 4) is 0 Å². The number of piperazine rings is 1. The second kappa shape index (κ2) is 10.9. The van der Waals surface area contributed by atoms with Crippen molar-refractivity contribution in [1.82, 2.24) is 9.80 Å².